The molecule has 0 aromatic heterocycles. The third-order valence-corrected chi connectivity index (χ3v) is 3.45. The minimum absolute atomic E-state index is 0.337. The van der Waals surface area contributed by atoms with Gasteiger partial charge in [0, 0.05) is 6.04 Å². The lowest BCUT2D eigenvalue weighted by Crippen LogP contribution is -2.33. The standard InChI is InChI=1S/C12H27N/c1-6-8-9(3)12(7-2)10(4)11(5)13/h9-12H,6-8,13H2,1-5H3. The van der Waals surface area contributed by atoms with E-state index < -0.39 is 0 Å². The van der Waals surface area contributed by atoms with E-state index in [2.05, 4.69) is 34.6 Å². The average Bonchev–Trinajstić information content (AvgIpc) is 2.05. The van der Waals surface area contributed by atoms with E-state index in [1.54, 1.807) is 0 Å². The maximum Gasteiger partial charge on any atom is 0.00388 e. The summed E-state index contributed by atoms with van der Waals surface area (Å²) >= 11 is 0. The van der Waals surface area contributed by atoms with Crippen LogP contribution in [0.25, 0.3) is 0 Å². The fourth-order valence-electron chi connectivity index (χ4n) is 2.35. The lowest BCUT2D eigenvalue weighted by molar-refractivity contribution is 0.212. The van der Waals surface area contributed by atoms with Gasteiger partial charge < -0.3 is 5.73 Å². The summed E-state index contributed by atoms with van der Waals surface area (Å²) < 4.78 is 0. The molecule has 0 saturated carbocycles. The van der Waals surface area contributed by atoms with E-state index in [-0.39, 0.29) is 0 Å². The summed E-state index contributed by atoms with van der Waals surface area (Å²) in [5.41, 5.74) is 5.95. The molecule has 0 rings (SSSR count). The van der Waals surface area contributed by atoms with Gasteiger partial charge in [0.25, 0.3) is 0 Å². The van der Waals surface area contributed by atoms with Crippen molar-refractivity contribution < 1.29 is 0 Å². The van der Waals surface area contributed by atoms with Crippen molar-refractivity contribution in [2.45, 2.75) is 59.9 Å². The Hall–Kier alpha value is -0.0400. The van der Waals surface area contributed by atoms with E-state index in [1.807, 2.05) is 0 Å². The lowest BCUT2D eigenvalue weighted by atomic mass is 9.77. The van der Waals surface area contributed by atoms with E-state index in [0.29, 0.717) is 12.0 Å². The molecule has 1 nitrogen and oxygen atoms in total. The topological polar surface area (TPSA) is 26.0 Å². The summed E-state index contributed by atoms with van der Waals surface area (Å²) in [6.07, 6.45) is 3.91. The quantitative estimate of drug-likeness (QED) is 0.674. The molecular weight excluding hydrogens is 158 g/mol. The maximum absolute atomic E-state index is 5.95. The molecule has 4 atom stereocenters. The number of nitrogens with two attached hydrogens (primary N) is 1. The van der Waals surface area contributed by atoms with E-state index in [9.17, 15) is 0 Å². The van der Waals surface area contributed by atoms with E-state index >= 15 is 0 Å². The van der Waals surface area contributed by atoms with Gasteiger partial charge in [-0.1, -0.05) is 47.0 Å². The number of hydrogen-bond donors (Lipinski definition) is 1. The first-order valence-electron chi connectivity index (χ1n) is 5.80. The molecule has 0 bridgehead atoms. The SMILES string of the molecule is CCCC(C)C(CC)C(C)C(C)N. The van der Waals surface area contributed by atoms with Gasteiger partial charge in [0.15, 0.2) is 0 Å². The van der Waals surface area contributed by atoms with Crippen LogP contribution in [0.3, 0.4) is 0 Å². The molecule has 0 amide bonds. The molecule has 13 heavy (non-hydrogen) atoms. The van der Waals surface area contributed by atoms with Crippen LogP contribution in [0.1, 0.15) is 53.9 Å². The zero-order valence-corrected chi connectivity index (χ0v) is 10.0. The van der Waals surface area contributed by atoms with Crippen molar-refractivity contribution >= 4 is 0 Å². The Morgan fingerprint density at radius 1 is 1.08 bits per heavy atom. The molecule has 0 saturated heterocycles. The predicted octanol–water partition coefficient (Wildman–Crippen LogP) is 3.43. The lowest BCUT2D eigenvalue weighted by Gasteiger charge is -2.31. The van der Waals surface area contributed by atoms with Crippen LogP contribution >= 0.6 is 0 Å². The Morgan fingerprint density at radius 3 is 1.92 bits per heavy atom. The van der Waals surface area contributed by atoms with Crippen LogP contribution in [0.2, 0.25) is 0 Å². The second-order valence-electron chi connectivity index (χ2n) is 4.56. The smallest absolute Gasteiger partial charge is 0.00388 e. The molecule has 0 aromatic rings. The molecule has 0 aliphatic rings. The molecule has 2 N–H and O–H groups in total. The van der Waals surface area contributed by atoms with E-state index in [0.717, 1.165) is 11.8 Å². The van der Waals surface area contributed by atoms with Crippen molar-refractivity contribution in [3.63, 3.8) is 0 Å². The van der Waals surface area contributed by atoms with Crippen molar-refractivity contribution in [3.05, 3.63) is 0 Å². The Labute approximate surface area is 84.1 Å². The molecule has 80 valence electrons. The minimum Gasteiger partial charge on any atom is -0.328 e. The summed E-state index contributed by atoms with van der Waals surface area (Å²) in [7, 11) is 0. The highest BCUT2D eigenvalue weighted by atomic mass is 14.6. The average molecular weight is 185 g/mol. The summed E-state index contributed by atoms with van der Waals surface area (Å²) in [6.45, 7) is 11.4. The maximum atomic E-state index is 5.95. The van der Waals surface area contributed by atoms with Crippen molar-refractivity contribution in [3.8, 4) is 0 Å². The minimum atomic E-state index is 0.337. The van der Waals surface area contributed by atoms with Gasteiger partial charge in [-0.15, -0.1) is 0 Å². The Kier molecular flexibility index (Phi) is 6.40. The van der Waals surface area contributed by atoms with Gasteiger partial charge in [0.05, 0.1) is 0 Å². The third kappa shape index (κ3) is 4.12. The van der Waals surface area contributed by atoms with Crippen LogP contribution in [0, 0.1) is 17.8 Å². The fraction of sp³-hybridized carbons (Fsp3) is 1.00. The third-order valence-electron chi connectivity index (χ3n) is 3.45. The zero-order valence-electron chi connectivity index (χ0n) is 10.0. The summed E-state index contributed by atoms with van der Waals surface area (Å²) in [4.78, 5) is 0. The van der Waals surface area contributed by atoms with Gasteiger partial charge in [0.2, 0.25) is 0 Å². The van der Waals surface area contributed by atoms with Gasteiger partial charge in [-0.05, 0) is 24.7 Å². The van der Waals surface area contributed by atoms with Crippen LogP contribution in [0.5, 0.6) is 0 Å². The second-order valence-corrected chi connectivity index (χ2v) is 4.56. The fourth-order valence-corrected chi connectivity index (χ4v) is 2.35. The first kappa shape index (κ1) is 13.0. The largest absolute Gasteiger partial charge is 0.328 e. The van der Waals surface area contributed by atoms with Gasteiger partial charge in [-0.2, -0.15) is 0 Å². The molecule has 0 aliphatic heterocycles. The van der Waals surface area contributed by atoms with Crippen molar-refractivity contribution in [2.24, 2.45) is 23.5 Å². The van der Waals surface area contributed by atoms with Crippen molar-refractivity contribution in [1.82, 2.24) is 0 Å². The van der Waals surface area contributed by atoms with Crippen LogP contribution < -0.4 is 5.73 Å². The molecule has 0 aliphatic carbocycles. The Bertz CT molecular complexity index is 120. The molecule has 0 radical (unpaired) electrons. The monoisotopic (exact) mass is 185 g/mol. The van der Waals surface area contributed by atoms with Crippen molar-refractivity contribution in [2.75, 3.05) is 0 Å². The molecule has 4 unspecified atom stereocenters. The highest BCUT2D eigenvalue weighted by Crippen LogP contribution is 2.29. The van der Waals surface area contributed by atoms with Gasteiger partial charge in [0.1, 0.15) is 0 Å². The summed E-state index contributed by atoms with van der Waals surface area (Å²) in [5.74, 6) is 2.29. The van der Waals surface area contributed by atoms with E-state index in [4.69, 9.17) is 5.73 Å². The Balaban J connectivity index is 4.14. The molecule has 0 aromatic carbocycles. The van der Waals surface area contributed by atoms with Crippen molar-refractivity contribution in [1.29, 1.82) is 0 Å². The van der Waals surface area contributed by atoms with Crippen LogP contribution in [-0.2, 0) is 0 Å². The zero-order chi connectivity index (χ0) is 10.4. The van der Waals surface area contributed by atoms with Crippen LogP contribution in [0.15, 0.2) is 0 Å². The number of rotatable bonds is 6. The number of hydrogen-bond acceptors (Lipinski definition) is 1. The summed E-state index contributed by atoms with van der Waals surface area (Å²) in [5, 5.41) is 0. The van der Waals surface area contributed by atoms with Gasteiger partial charge in [-0.25, -0.2) is 0 Å². The first-order valence-corrected chi connectivity index (χ1v) is 5.80. The Morgan fingerprint density at radius 2 is 1.62 bits per heavy atom. The van der Waals surface area contributed by atoms with E-state index in [1.165, 1.54) is 19.3 Å². The molecule has 0 spiro atoms. The van der Waals surface area contributed by atoms with Crippen LogP contribution in [-0.4, -0.2) is 6.04 Å². The normalized spacial score (nSPS) is 20.8. The van der Waals surface area contributed by atoms with Gasteiger partial charge >= 0.3 is 0 Å². The van der Waals surface area contributed by atoms with Gasteiger partial charge in [-0.3, -0.25) is 0 Å². The predicted molar refractivity (Wildman–Crippen MR) is 60.7 cm³/mol. The summed E-state index contributed by atoms with van der Waals surface area (Å²) in [6, 6.07) is 0.337. The molecule has 0 heterocycles. The highest BCUT2D eigenvalue weighted by molar-refractivity contribution is 4.76. The first-order chi connectivity index (χ1) is 6.04. The molecule has 0 fully saturated rings. The molecular formula is C12H27N. The van der Waals surface area contributed by atoms with Crippen LogP contribution in [0.4, 0.5) is 0 Å². The highest BCUT2D eigenvalue weighted by Gasteiger charge is 2.23. The molecule has 1 heteroatoms. The second kappa shape index (κ2) is 6.42.